The number of hydrazine groups is 1. The number of rotatable bonds is 7. The van der Waals surface area contributed by atoms with Gasteiger partial charge in [0.2, 0.25) is 5.91 Å². The molecule has 0 aromatic heterocycles. The van der Waals surface area contributed by atoms with Crippen LogP contribution in [0.5, 0.6) is 0 Å². The Morgan fingerprint density at radius 3 is 2.11 bits per heavy atom. The Balaban J connectivity index is 1.44. The molecule has 4 rings (SSSR count). The number of nitrogens with zero attached hydrogens (tertiary/aromatic N) is 1. The highest BCUT2D eigenvalue weighted by Gasteiger charge is 2.67. The SMILES string of the molecule is O=C(NNc1ccc([N+](=O)[O-])cc1)c1cc(NC(=O)C2C(c3cc(Cl)cc(Cl)c3)C2(Cl)Cl)ccc1Cl. The zero-order valence-corrected chi connectivity index (χ0v) is 21.7. The number of benzene rings is 3. The Bertz CT molecular complexity index is 1350. The van der Waals surface area contributed by atoms with Crippen molar-refractivity contribution in [3.8, 4) is 0 Å². The van der Waals surface area contributed by atoms with E-state index in [-0.39, 0.29) is 16.3 Å². The maximum atomic E-state index is 13.0. The lowest BCUT2D eigenvalue weighted by Gasteiger charge is -2.11. The molecule has 3 aromatic rings. The first kappa shape index (κ1) is 26.3. The van der Waals surface area contributed by atoms with Gasteiger partial charge in [-0.3, -0.25) is 30.6 Å². The highest BCUT2D eigenvalue weighted by atomic mass is 35.5. The van der Waals surface area contributed by atoms with Crippen LogP contribution in [0.2, 0.25) is 15.1 Å². The molecule has 13 heteroatoms. The van der Waals surface area contributed by atoms with Gasteiger partial charge in [-0.1, -0.05) is 34.8 Å². The highest BCUT2D eigenvalue weighted by molar-refractivity contribution is 6.53. The lowest BCUT2D eigenvalue weighted by atomic mass is 10.1. The third-order valence-electron chi connectivity index (χ3n) is 5.46. The lowest BCUT2D eigenvalue weighted by Crippen LogP contribution is -2.29. The van der Waals surface area contributed by atoms with E-state index in [4.69, 9.17) is 58.0 Å². The van der Waals surface area contributed by atoms with Crippen LogP contribution in [0.15, 0.2) is 60.7 Å². The minimum absolute atomic E-state index is 0.0702. The number of nitro groups is 1. The molecule has 2 amide bonds. The van der Waals surface area contributed by atoms with Gasteiger partial charge in [0.05, 0.1) is 27.1 Å². The van der Waals surface area contributed by atoms with Crippen molar-refractivity contribution in [1.82, 2.24) is 5.43 Å². The molecule has 0 radical (unpaired) electrons. The topological polar surface area (TPSA) is 113 Å². The molecule has 1 fully saturated rings. The lowest BCUT2D eigenvalue weighted by molar-refractivity contribution is -0.384. The smallest absolute Gasteiger partial charge is 0.271 e. The molecular formula is C23H15Cl5N4O4. The molecule has 3 N–H and O–H groups in total. The van der Waals surface area contributed by atoms with E-state index in [0.29, 0.717) is 27.0 Å². The summed E-state index contributed by atoms with van der Waals surface area (Å²) in [5, 5.41) is 14.4. The van der Waals surface area contributed by atoms with Gasteiger partial charge in [0.15, 0.2) is 0 Å². The molecule has 1 aliphatic carbocycles. The van der Waals surface area contributed by atoms with Crippen LogP contribution in [-0.2, 0) is 4.79 Å². The van der Waals surface area contributed by atoms with E-state index in [2.05, 4.69) is 16.2 Å². The van der Waals surface area contributed by atoms with Crippen LogP contribution in [0.4, 0.5) is 17.1 Å². The van der Waals surface area contributed by atoms with E-state index in [1.165, 1.54) is 42.5 Å². The van der Waals surface area contributed by atoms with Crippen LogP contribution < -0.4 is 16.2 Å². The van der Waals surface area contributed by atoms with Crippen molar-refractivity contribution in [2.75, 3.05) is 10.7 Å². The Morgan fingerprint density at radius 2 is 1.50 bits per heavy atom. The number of carbonyl (C=O) groups is 2. The first-order chi connectivity index (χ1) is 17.0. The number of halogens is 5. The second kappa shape index (κ2) is 10.3. The average molecular weight is 589 g/mol. The molecule has 0 spiro atoms. The van der Waals surface area contributed by atoms with Crippen molar-refractivity contribution in [1.29, 1.82) is 0 Å². The summed E-state index contributed by atoms with van der Waals surface area (Å²) in [4.78, 5) is 35.8. The first-order valence-electron chi connectivity index (χ1n) is 10.2. The number of hydrogen-bond donors (Lipinski definition) is 3. The zero-order chi connectivity index (χ0) is 26.2. The number of nitrogens with one attached hydrogen (secondary N) is 3. The summed E-state index contributed by atoms with van der Waals surface area (Å²) in [6.45, 7) is 0. The summed E-state index contributed by atoms with van der Waals surface area (Å²) >= 11 is 31.1. The Kier molecular flexibility index (Phi) is 7.54. The molecule has 0 aliphatic heterocycles. The van der Waals surface area contributed by atoms with E-state index >= 15 is 0 Å². The highest BCUT2D eigenvalue weighted by Crippen LogP contribution is 2.65. The van der Waals surface area contributed by atoms with E-state index < -0.39 is 32.9 Å². The minimum Gasteiger partial charge on any atom is -0.326 e. The van der Waals surface area contributed by atoms with Gasteiger partial charge in [-0.05, 0) is 54.1 Å². The van der Waals surface area contributed by atoms with Crippen LogP contribution in [0.3, 0.4) is 0 Å². The maximum Gasteiger partial charge on any atom is 0.271 e. The van der Waals surface area contributed by atoms with Crippen LogP contribution in [-0.4, -0.2) is 21.1 Å². The van der Waals surface area contributed by atoms with Gasteiger partial charge in [0.1, 0.15) is 4.33 Å². The molecule has 186 valence electrons. The molecular weight excluding hydrogens is 574 g/mol. The molecule has 8 nitrogen and oxygen atoms in total. The molecule has 3 aromatic carbocycles. The van der Waals surface area contributed by atoms with Gasteiger partial charge in [0.25, 0.3) is 11.6 Å². The van der Waals surface area contributed by atoms with Gasteiger partial charge >= 0.3 is 0 Å². The van der Waals surface area contributed by atoms with Crippen molar-refractivity contribution >= 4 is 86.9 Å². The standard InChI is InChI=1S/C23H15Cl5N4O4/c24-12-7-11(8-13(25)9-12)19-20(23(19,27)28)22(34)29-15-3-6-18(26)17(10-15)21(33)31-30-14-1-4-16(5-2-14)32(35)36/h1-10,19-20,30H,(H,29,34)(H,31,33). The summed E-state index contributed by atoms with van der Waals surface area (Å²) in [5.41, 5.74) is 6.41. The first-order valence-corrected chi connectivity index (χ1v) is 12.1. The third-order valence-corrected chi connectivity index (χ3v) is 7.16. The number of carbonyl (C=O) groups excluding carboxylic acids is 2. The Morgan fingerprint density at radius 1 is 0.889 bits per heavy atom. The summed E-state index contributed by atoms with van der Waals surface area (Å²) in [6.07, 6.45) is 0. The van der Waals surface area contributed by atoms with Crippen molar-refractivity contribution in [3.05, 3.63) is 97.0 Å². The van der Waals surface area contributed by atoms with Crippen molar-refractivity contribution in [2.45, 2.75) is 10.3 Å². The second-order valence-electron chi connectivity index (χ2n) is 7.90. The summed E-state index contributed by atoms with van der Waals surface area (Å²) in [5.74, 6) is -2.37. The van der Waals surface area contributed by atoms with Crippen molar-refractivity contribution < 1.29 is 14.5 Å². The largest absolute Gasteiger partial charge is 0.326 e. The van der Waals surface area contributed by atoms with Crippen LogP contribution in [0.1, 0.15) is 21.8 Å². The average Bonchev–Trinajstić information content (AvgIpc) is 3.40. The third kappa shape index (κ3) is 5.63. The Hall–Kier alpha value is -2.75. The fourth-order valence-electron chi connectivity index (χ4n) is 3.68. The van der Waals surface area contributed by atoms with Crippen molar-refractivity contribution in [2.24, 2.45) is 5.92 Å². The predicted octanol–water partition coefficient (Wildman–Crippen LogP) is 6.84. The van der Waals surface area contributed by atoms with E-state index in [0.717, 1.165) is 0 Å². The molecule has 0 saturated heterocycles. The van der Waals surface area contributed by atoms with E-state index in [1.54, 1.807) is 18.2 Å². The predicted molar refractivity (Wildman–Crippen MR) is 141 cm³/mol. The quantitative estimate of drug-likeness (QED) is 0.159. The van der Waals surface area contributed by atoms with Crippen LogP contribution in [0, 0.1) is 16.0 Å². The molecule has 2 atom stereocenters. The molecule has 0 bridgehead atoms. The van der Waals surface area contributed by atoms with Crippen LogP contribution in [0.25, 0.3) is 0 Å². The van der Waals surface area contributed by atoms with Crippen molar-refractivity contribution in [3.63, 3.8) is 0 Å². The number of nitro benzene ring substituents is 1. The summed E-state index contributed by atoms with van der Waals surface area (Å²) in [6, 6.07) is 14.7. The number of amides is 2. The van der Waals surface area contributed by atoms with E-state index in [1.807, 2.05) is 0 Å². The maximum absolute atomic E-state index is 13.0. The summed E-state index contributed by atoms with van der Waals surface area (Å²) in [7, 11) is 0. The molecule has 2 unspecified atom stereocenters. The molecule has 36 heavy (non-hydrogen) atoms. The van der Waals surface area contributed by atoms with Gasteiger partial charge in [-0.2, -0.15) is 0 Å². The fourth-order valence-corrected chi connectivity index (χ4v) is 5.26. The van der Waals surface area contributed by atoms with Gasteiger partial charge < -0.3 is 5.32 Å². The van der Waals surface area contributed by atoms with Gasteiger partial charge in [-0.15, -0.1) is 23.2 Å². The number of non-ortho nitro benzene ring substituents is 1. The normalized spacial score (nSPS) is 17.7. The molecule has 1 saturated carbocycles. The number of hydrogen-bond acceptors (Lipinski definition) is 5. The number of alkyl halides is 2. The Labute approximate surface area is 229 Å². The van der Waals surface area contributed by atoms with Crippen LogP contribution >= 0.6 is 58.0 Å². The second-order valence-corrected chi connectivity index (χ2v) is 10.6. The summed E-state index contributed by atoms with van der Waals surface area (Å²) < 4.78 is -1.36. The molecule has 0 heterocycles. The monoisotopic (exact) mass is 586 g/mol. The zero-order valence-electron chi connectivity index (χ0n) is 17.9. The minimum atomic E-state index is -1.36. The van der Waals surface area contributed by atoms with Gasteiger partial charge in [-0.25, -0.2) is 0 Å². The number of anilines is 2. The van der Waals surface area contributed by atoms with E-state index in [9.17, 15) is 19.7 Å². The fraction of sp³-hybridized carbons (Fsp3) is 0.130. The molecule has 1 aliphatic rings. The van der Waals surface area contributed by atoms with Gasteiger partial charge in [0, 0.05) is 33.8 Å².